The summed E-state index contributed by atoms with van der Waals surface area (Å²) in [4.78, 5) is 20.2. The summed E-state index contributed by atoms with van der Waals surface area (Å²) in [5, 5.41) is 2.29. The molecule has 0 unspecified atom stereocenters. The molecular weight excluding hydrogens is 603 g/mol. The van der Waals surface area contributed by atoms with Crippen molar-refractivity contribution in [2.24, 2.45) is 0 Å². The zero-order valence-corrected chi connectivity index (χ0v) is 26.9. The predicted molar refractivity (Wildman–Crippen MR) is 196 cm³/mol. The molecule has 3 heterocycles. The van der Waals surface area contributed by atoms with Crippen LogP contribution in [0.5, 0.6) is 0 Å². The highest BCUT2D eigenvalue weighted by Crippen LogP contribution is 2.49. The molecule has 0 radical (unpaired) electrons. The van der Waals surface area contributed by atoms with Crippen molar-refractivity contribution >= 4 is 32.9 Å². The van der Waals surface area contributed by atoms with Crippen LogP contribution in [0.15, 0.2) is 144 Å². The molecule has 0 aliphatic heterocycles. The molecule has 1 aliphatic rings. The van der Waals surface area contributed by atoms with Crippen LogP contribution in [0.1, 0.15) is 25.0 Å². The van der Waals surface area contributed by atoms with Gasteiger partial charge < -0.3 is 4.42 Å². The van der Waals surface area contributed by atoms with E-state index in [-0.39, 0.29) is 5.41 Å². The number of aromatic nitrogens is 5. The van der Waals surface area contributed by atoms with Crippen LogP contribution in [0, 0.1) is 0 Å². The Kier molecular flexibility index (Phi) is 5.82. The minimum atomic E-state index is -0.124. The van der Waals surface area contributed by atoms with E-state index in [0.717, 1.165) is 44.0 Å². The third-order valence-electron chi connectivity index (χ3n) is 9.92. The predicted octanol–water partition coefficient (Wildman–Crippen LogP) is 10.4. The van der Waals surface area contributed by atoms with E-state index in [4.69, 9.17) is 24.4 Å². The molecular formula is C43H29N5O. The number of hydrogen-bond donors (Lipinski definition) is 0. The van der Waals surface area contributed by atoms with Crippen LogP contribution >= 0.6 is 0 Å². The second kappa shape index (κ2) is 10.3. The normalized spacial score (nSPS) is 13.3. The Morgan fingerprint density at radius 2 is 1.16 bits per heavy atom. The molecule has 0 saturated carbocycles. The second-order valence-electron chi connectivity index (χ2n) is 13.1. The van der Waals surface area contributed by atoms with Gasteiger partial charge in [0.25, 0.3) is 0 Å². The summed E-state index contributed by atoms with van der Waals surface area (Å²) in [5.74, 6) is 2.21. The van der Waals surface area contributed by atoms with E-state index in [2.05, 4.69) is 97.3 Å². The summed E-state index contributed by atoms with van der Waals surface area (Å²) in [6.45, 7) is 4.57. The average molecular weight is 632 g/mol. The molecule has 0 spiro atoms. The lowest BCUT2D eigenvalue weighted by molar-refractivity contribution is 0.619. The van der Waals surface area contributed by atoms with Crippen LogP contribution in [-0.4, -0.2) is 24.5 Å². The fraction of sp³-hybridized carbons (Fsp3) is 0.0698. The van der Waals surface area contributed by atoms with Crippen LogP contribution in [0.25, 0.3) is 84.2 Å². The van der Waals surface area contributed by atoms with Gasteiger partial charge in [0.05, 0.1) is 16.6 Å². The third-order valence-corrected chi connectivity index (χ3v) is 9.92. The largest absolute Gasteiger partial charge is 0.435 e. The van der Waals surface area contributed by atoms with E-state index in [1.807, 2.05) is 60.7 Å². The Morgan fingerprint density at radius 1 is 0.510 bits per heavy atom. The molecule has 0 fully saturated rings. The zero-order valence-electron chi connectivity index (χ0n) is 26.9. The Bertz CT molecular complexity index is 2700. The average Bonchev–Trinajstić information content (AvgIpc) is 3.81. The summed E-state index contributed by atoms with van der Waals surface area (Å²) in [7, 11) is 0. The second-order valence-corrected chi connectivity index (χ2v) is 13.1. The molecule has 10 rings (SSSR count). The number of nitrogens with zero attached hydrogens (tertiary/aromatic N) is 5. The molecule has 49 heavy (non-hydrogen) atoms. The Labute approximate surface area is 282 Å². The molecule has 0 atom stereocenters. The van der Waals surface area contributed by atoms with Crippen molar-refractivity contribution in [3.05, 3.63) is 151 Å². The monoisotopic (exact) mass is 631 g/mol. The van der Waals surface area contributed by atoms with Crippen LogP contribution < -0.4 is 0 Å². The third kappa shape index (κ3) is 4.14. The van der Waals surface area contributed by atoms with Gasteiger partial charge in [0.2, 0.25) is 11.8 Å². The molecule has 0 saturated heterocycles. The first kappa shape index (κ1) is 27.7. The van der Waals surface area contributed by atoms with Gasteiger partial charge in [-0.05, 0) is 58.7 Å². The van der Waals surface area contributed by atoms with Gasteiger partial charge >= 0.3 is 0 Å². The van der Waals surface area contributed by atoms with E-state index in [1.165, 1.54) is 22.3 Å². The summed E-state index contributed by atoms with van der Waals surface area (Å²) < 4.78 is 8.77. The first-order valence-corrected chi connectivity index (χ1v) is 16.5. The minimum absolute atomic E-state index is 0.124. The van der Waals surface area contributed by atoms with Gasteiger partial charge in [-0.2, -0.15) is 9.97 Å². The lowest BCUT2D eigenvalue weighted by atomic mass is 9.82. The van der Waals surface area contributed by atoms with Crippen molar-refractivity contribution in [2.75, 3.05) is 0 Å². The molecule has 0 amide bonds. The number of hydrogen-bond acceptors (Lipinski definition) is 5. The van der Waals surface area contributed by atoms with E-state index >= 15 is 0 Å². The van der Waals surface area contributed by atoms with Crippen molar-refractivity contribution < 1.29 is 4.42 Å². The summed E-state index contributed by atoms with van der Waals surface area (Å²) >= 11 is 0. The summed E-state index contributed by atoms with van der Waals surface area (Å²) in [5.41, 5.74) is 11.1. The van der Waals surface area contributed by atoms with Crippen molar-refractivity contribution in [1.29, 1.82) is 0 Å². The van der Waals surface area contributed by atoms with E-state index < -0.39 is 0 Å². The maximum atomic E-state index is 6.64. The highest BCUT2D eigenvalue weighted by atomic mass is 16.3. The van der Waals surface area contributed by atoms with Gasteiger partial charge in [-0.15, -0.1) is 0 Å². The SMILES string of the molecule is CC1(C)c2ccccc2-c2ccc(-c3nc4cccc(-c5nc(-c6ccccc6)nc(-n6c7ccccc7c7ccccc76)n5)c4o3)cc21. The van der Waals surface area contributed by atoms with Crippen LogP contribution in [-0.2, 0) is 5.41 Å². The van der Waals surface area contributed by atoms with Gasteiger partial charge in [-0.25, -0.2) is 9.97 Å². The fourth-order valence-corrected chi connectivity index (χ4v) is 7.53. The highest BCUT2D eigenvalue weighted by molar-refractivity contribution is 6.09. The fourth-order valence-electron chi connectivity index (χ4n) is 7.53. The molecule has 1 aliphatic carbocycles. The Hall–Kier alpha value is -6.40. The molecule has 9 aromatic rings. The maximum absolute atomic E-state index is 6.64. The van der Waals surface area contributed by atoms with E-state index in [1.54, 1.807) is 0 Å². The number of rotatable bonds is 4. The van der Waals surface area contributed by atoms with Gasteiger partial charge in [0.15, 0.2) is 17.2 Å². The summed E-state index contributed by atoms with van der Waals surface area (Å²) in [6, 6.07) is 47.9. The number of fused-ring (bicyclic) bond motifs is 7. The lowest BCUT2D eigenvalue weighted by Crippen LogP contribution is -2.14. The first-order valence-electron chi connectivity index (χ1n) is 16.5. The van der Waals surface area contributed by atoms with Gasteiger partial charge in [0.1, 0.15) is 5.52 Å². The quantitative estimate of drug-likeness (QED) is 0.193. The molecule has 6 aromatic carbocycles. The number of oxazole rings is 1. The molecule has 3 aromatic heterocycles. The van der Waals surface area contributed by atoms with Gasteiger partial charge in [0, 0.05) is 27.3 Å². The van der Waals surface area contributed by atoms with Crippen molar-refractivity contribution in [2.45, 2.75) is 19.3 Å². The van der Waals surface area contributed by atoms with E-state index in [0.29, 0.717) is 29.1 Å². The minimum Gasteiger partial charge on any atom is -0.435 e. The lowest BCUT2D eigenvalue weighted by Gasteiger charge is -2.21. The van der Waals surface area contributed by atoms with Crippen molar-refractivity contribution in [3.8, 4) is 51.3 Å². The van der Waals surface area contributed by atoms with E-state index in [9.17, 15) is 0 Å². The number of benzene rings is 6. The Balaban J connectivity index is 1.17. The van der Waals surface area contributed by atoms with Gasteiger partial charge in [-0.1, -0.05) is 117 Å². The molecule has 6 nitrogen and oxygen atoms in total. The van der Waals surface area contributed by atoms with Crippen LogP contribution in [0.2, 0.25) is 0 Å². The standard InChI is InChI=1S/C43H29N5O/c1-43(2)33-19-9-6-15-28(33)29-24-23-27(25-34(29)43)41-44-35-20-12-18-32(38(35)49-41)40-45-39(26-13-4-3-5-14-26)46-42(47-40)48-36-21-10-7-16-30(36)31-17-8-11-22-37(31)48/h3-25H,1-2H3. The zero-order chi connectivity index (χ0) is 32.7. The molecule has 0 N–H and O–H groups in total. The highest BCUT2D eigenvalue weighted by Gasteiger charge is 2.35. The maximum Gasteiger partial charge on any atom is 0.238 e. The first-order chi connectivity index (χ1) is 24.0. The smallest absolute Gasteiger partial charge is 0.238 e. The number of para-hydroxylation sites is 3. The van der Waals surface area contributed by atoms with Crippen molar-refractivity contribution in [3.63, 3.8) is 0 Å². The summed E-state index contributed by atoms with van der Waals surface area (Å²) in [6.07, 6.45) is 0. The molecule has 6 heteroatoms. The Morgan fingerprint density at radius 3 is 1.96 bits per heavy atom. The topological polar surface area (TPSA) is 69.6 Å². The van der Waals surface area contributed by atoms with Gasteiger partial charge in [-0.3, -0.25) is 4.57 Å². The van der Waals surface area contributed by atoms with Crippen molar-refractivity contribution in [1.82, 2.24) is 24.5 Å². The molecule has 232 valence electrons. The molecule has 0 bridgehead atoms. The van der Waals surface area contributed by atoms with Crippen LogP contribution in [0.4, 0.5) is 0 Å². The van der Waals surface area contributed by atoms with Crippen LogP contribution in [0.3, 0.4) is 0 Å².